The Morgan fingerprint density at radius 3 is 0.896 bits per heavy atom. The Morgan fingerprint density at radius 1 is 0.385 bits per heavy atom. The number of hydrogen-bond acceptors (Lipinski definition) is 12. The van der Waals surface area contributed by atoms with E-state index in [0.717, 1.165) is 89.9 Å². The number of ether oxygens (including phenoxy) is 3. The van der Waals surface area contributed by atoms with E-state index in [0.29, 0.717) is 38.5 Å². The second-order valence-corrected chi connectivity index (χ2v) is 33.7. The minimum atomic E-state index is -3.18. The SMILES string of the molecule is CCCCCCCCCCC(=O)OC(CCCCCCCCCC)[C@H](O)CCO.[2H][Si]([B])(OCC[C@@H](O)C(CCCCCCCCCC)OC(=O)CCCCCCCCCC)P[3H].[2H][Si]([B])(OCC[C@@H](OP([B])C)C(CCCCCCCCCC)OC(=O)CCCCCCCCCC)P[3H]. The predicted octanol–water partition coefficient (Wildman–Crippen LogP) is 20.8. The van der Waals surface area contributed by atoms with Crippen LogP contribution < -0.4 is 0 Å². The highest BCUT2D eigenvalue weighted by Gasteiger charge is 2.28. The Labute approximate surface area is 612 Å². The molecule has 0 aromatic carbocycles. The Hall–Kier alpha value is 0.0886. The summed E-state index contributed by atoms with van der Waals surface area (Å²) in [6, 6.07) is 0. The van der Waals surface area contributed by atoms with Crippen LogP contribution in [0.5, 0.6) is 0 Å². The van der Waals surface area contributed by atoms with E-state index in [1.165, 1.54) is 225 Å². The van der Waals surface area contributed by atoms with Crippen molar-refractivity contribution in [3.8, 4) is 0 Å². The van der Waals surface area contributed by atoms with Gasteiger partial charge in [-0.3, -0.25) is 14.4 Å². The van der Waals surface area contributed by atoms with E-state index in [2.05, 4.69) is 41.5 Å². The summed E-state index contributed by atoms with van der Waals surface area (Å²) in [5.41, 5.74) is 0. The van der Waals surface area contributed by atoms with Gasteiger partial charge in [0.1, 0.15) is 42.9 Å². The lowest BCUT2D eigenvalue weighted by Gasteiger charge is -2.29. The molecule has 0 aliphatic carbocycles. The topological polar surface area (TPSA) is 167 Å². The van der Waals surface area contributed by atoms with Gasteiger partial charge in [0.15, 0.2) is 0 Å². The lowest BCUT2D eigenvalue weighted by molar-refractivity contribution is -0.157. The molecular weight excluding hydrogens is 1290 g/mol. The summed E-state index contributed by atoms with van der Waals surface area (Å²) in [4.78, 5) is 37.3. The van der Waals surface area contributed by atoms with E-state index in [4.69, 9.17) is 60.2 Å². The number of carbonyl (C=O) groups is 3. The zero-order valence-corrected chi connectivity index (χ0v) is 68.5. The average molecular weight is 1450 g/mol. The molecule has 0 fully saturated rings. The van der Waals surface area contributed by atoms with Gasteiger partial charge in [-0.2, -0.15) is 0 Å². The van der Waals surface area contributed by atoms with Gasteiger partial charge in [0.25, 0.3) is 0 Å². The summed E-state index contributed by atoms with van der Waals surface area (Å²) in [6.07, 6.45) is 58.5. The Morgan fingerprint density at radius 2 is 0.625 bits per heavy atom. The molecule has 0 saturated heterocycles. The molecular formula is C76H156B3O12P3Si2. The molecule has 0 aliphatic rings. The van der Waals surface area contributed by atoms with E-state index in [9.17, 15) is 24.6 Å². The van der Waals surface area contributed by atoms with Gasteiger partial charge < -0.3 is 42.9 Å². The number of carbonyl (C=O) groups excluding carboxylic acids is 3. The highest BCUT2D eigenvalue weighted by atomic mass is 31.3. The molecule has 0 aliphatic heterocycles. The van der Waals surface area contributed by atoms with E-state index < -0.39 is 66.9 Å². The number of aliphatic hydroxyl groups excluding tert-OH is 3. The highest BCUT2D eigenvalue weighted by molar-refractivity contribution is 7.77. The summed E-state index contributed by atoms with van der Waals surface area (Å²) >= 11 is 0. The first-order chi connectivity index (χ1) is 48.3. The molecule has 0 rings (SSSR count). The van der Waals surface area contributed by atoms with E-state index in [1.54, 1.807) is 0 Å². The van der Waals surface area contributed by atoms with Crippen LogP contribution in [0.25, 0.3) is 0 Å². The summed E-state index contributed by atoms with van der Waals surface area (Å²) in [7, 11) is 9.04. The standard InChI is InChI=1S/C26H54B2O4P2Si.C25H52BO4PSi.C25H50O4/c1-4-6-8-10-12-14-16-18-20-24(25(32-34(3)27)22-23-30-35(28)33)31-26(29)21-19-17-15-13-11-9-7-5-2;1-3-5-7-9-11-13-15-17-19-24(23(27)21-22-29-32(26)31)30-25(28)20-18-16-14-12-10-8-6-4-2;1-3-5-7-9-11-13-15-17-19-24(23(27)21-22-26)29-25(28)20-18-16-14-12-10-8-6-4-2/h24-25,35H,4-23,33H2,1-3H3;23-24,27,32H,3-22,31H2,1-2H3;23-24,26-27H,3-22H2,1-2H3/t24?,25-,34?,35?;23-,24?,32?;23-,24?/m111/s1/i33T,35D;31T,32D;/t24?,25-,33?,34?,35?;23-,24?,31?,32?;. The van der Waals surface area contributed by atoms with Crippen molar-refractivity contribution in [3.05, 3.63) is 0 Å². The molecule has 0 aromatic heterocycles. The van der Waals surface area contributed by atoms with Crippen LogP contribution in [0.3, 0.4) is 0 Å². The van der Waals surface area contributed by atoms with Crippen molar-refractivity contribution < 1.29 is 57.3 Å². The third-order valence-electron chi connectivity index (χ3n) is 17.9. The molecule has 11 atom stereocenters. The number of unbranched alkanes of at least 4 members (excludes halogenated alkanes) is 42. The Bertz CT molecular complexity index is 1750. The second-order valence-electron chi connectivity index (χ2n) is 27.4. The maximum Gasteiger partial charge on any atom is 0.306 e. The number of aliphatic hydroxyl groups is 3. The Kier molecular flexibility index (Phi) is 77.5. The maximum atomic E-state index is 12.7. The van der Waals surface area contributed by atoms with Gasteiger partial charge in [0.05, 0.1) is 35.7 Å². The quantitative estimate of drug-likeness (QED) is 0.0174. The zero-order chi connectivity index (χ0) is 74.9. The third-order valence-corrected chi connectivity index (χ3v) is 20.4. The minimum absolute atomic E-state index is 0.0787. The average Bonchev–Trinajstić information content (AvgIpc) is 0.968. The van der Waals surface area contributed by atoms with Crippen molar-refractivity contribution in [1.82, 2.24) is 0 Å². The van der Waals surface area contributed by atoms with Gasteiger partial charge in [-0.25, -0.2) is 0 Å². The van der Waals surface area contributed by atoms with Crippen LogP contribution in [0.1, 0.15) is 408 Å². The van der Waals surface area contributed by atoms with Crippen molar-refractivity contribution in [2.24, 2.45) is 0 Å². The largest absolute Gasteiger partial charge is 0.460 e. The van der Waals surface area contributed by atoms with Gasteiger partial charge in [0.2, 0.25) is 0 Å². The van der Waals surface area contributed by atoms with Crippen molar-refractivity contribution in [2.45, 2.75) is 444 Å². The fourth-order valence-corrected chi connectivity index (χ4v) is 13.9. The van der Waals surface area contributed by atoms with Gasteiger partial charge in [0, 0.05) is 48.0 Å². The van der Waals surface area contributed by atoms with Gasteiger partial charge in [-0.15, -0.1) is 17.5 Å². The molecule has 0 saturated carbocycles. The molecule has 12 nitrogen and oxygen atoms in total. The first-order valence-corrected chi connectivity index (χ1v) is 48.0. The van der Waals surface area contributed by atoms with Crippen LogP contribution in [0.2, 0.25) is 0 Å². The fourth-order valence-electron chi connectivity index (χ4n) is 11.9. The highest BCUT2D eigenvalue weighted by Crippen LogP contribution is 2.32. The normalized spacial score (nSPS) is 15.7. The van der Waals surface area contributed by atoms with Crippen LogP contribution >= 0.6 is 25.5 Å². The number of hydrogen-bond donors (Lipinski definition) is 3. The molecule has 8 unspecified atom stereocenters. The molecule has 0 amide bonds. The van der Waals surface area contributed by atoms with Crippen LogP contribution in [-0.4, -0.2) is 141 Å². The summed E-state index contributed by atoms with van der Waals surface area (Å²) < 4.78 is 64.6. The molecule has 3 N–H and O–H groups in total. The van der Waals surface area contributed by atoms with Gasteiger partial charge in [-0.1, -0.05) is 311 Å². The lowest BCUT2D eigenvalue weighted by atomic mass is 10.0. The fraction of sp³-hybridized carbons (Fsp3) is 0.961. The summed E-state index contributed by atoms with van der Waals surface area (Å²) in [5.74, 6) is -0.595. The van der Waals surface area contributed by atoms with Crippen LogP contribution in [-0.2, 0) is 42.0 Å². The first-order valence-electron chi connectivity index (χ1n) is 42.2. The van der Waals surface area contributed by atoms with Crippen molar-refractivity contribution in [2.75, 3.05) is 26.5 Å². The smallest absolute Gasteiger partial charge is 0.306 e. The second kappa shape index (κ2) is 80.8. The van der Waals surface area contributed by atoms with Crippen molar-refractivity contribution in [3.63, 3.8) is 0 Å². The summed E-state index contributed by atoms with van der Waals surface area (Å²) in [5, 5.41) is 30.0. The molecule has 0 aromatic rings. The predicted molar refractivity (Wildman–Crippen MR) is 427 cm³/mol. The lowest BCUT2D eigenvalue weighted by Crippen LogP contribution is -2.34. The van der Waals surface area contributed by atoms with Gasteiger partial charge in [-0.05, 0) is 85.3 Å². The van der Waals surface area contributed by atoms with Crippen molar-refractivity contribution >= 4 is 82.9 Å². The number of rotatable bonds is 74. The molecule has 6 radical (unpaired) electrons. The zero-order valence-electron chi connectivity index (χ0n) is 67.6. The first kappa shape index (κ1) is 92.2. The molecule has 0 heterocycles. The van der Waals surface area contributed by atoms with Crippen LogP contribution in [0, 0.1) is 0 Å². The minimum Gasteiger partial charge on any atom is -0.460 e. The molecule has 96 heavy (non-hydrogen) atoms. The van der Waals surface area contributed by atoms with Gasteiger partial charge >= 0.3 is 17.9 Å². The van der Waals surface area contributed by atoms with Crippen LogP contribution in [0.15, 0.2) is 0 Å². The van der Waals surface area contributed by atoms with E-state index in [-0.39, 0.29) is 62.8 Å². The molecule has 0 bridgehead atoms. The Balaban J connectivity index is -0.00000142. The van der Waals surface area contributed by atoms with Crippen LogP contribution in [0.4, 0.5) is 0 Å². The van der Waals surface area contributed by atoms with E-state index in [1.807, 2.05) is 6.66 Å². The summed E-state index contributed by atoms with van der Waals surface area (Å²) in [6.45, 7) is 15.5. The molecule has 20 heteroatoms. The maximum absolute atomic E-state index is 12.7. The molecule has 0 spiro atoms. The van der Waals surface area contributed by atoms with Crippen molar-refractivity contribution in [1.29, 1.82) is 5.03 Å². The monoisotopic (exact) mass is 1450 g/mol. The van der Waals surface area contributed by atoms with E-state index >= 15 is 0 Å². The third kappa shape index (κ3) is 76.7. The molecule has 564 valence electrons. The number of esters is 3.